The molecule has 0 aliphatic heterocycles. The van der Waals surface area contributed by atoms with Crippen molar-refractivity contribution >= 4 is 11.6 Å². The molecule has 1 aromatic heterocycles. The van der Waals surface area contributed by atoms with Crippen molar-refractivity contribution in [2.75, 3.05) is 12.4 Å². The van der Waals surface area contributed by atoms with Gasteiger partial charge < -0.3 is 14.6 Å². The number of hydrogen-bond acceptors (Lipinski definition) is 2. The summed E-state index contributed by atoms with van der Waals surface area (Å²) in [5, 5.41) is 2.87. The smallest absolute Gasteiger partial charge is 0.224 e. The third-order valence-electron chi connectivity index (χ3n) is 3.01. The van der Waals surface area contributed by atoms with Gasteiger partial charge in [0.05, 0.1) is 7.11 Å². The van der Waals surface area contributed by atoms with Gasteiger partial charge in [-0.25, -0.2) is 0 Å². The first kappa shape index (κ1) is 13.2. The molecule has 1 amide bonds. The molecule has 2 rings (SSSR count). The second-order valence-electron chi connectivity index (χ2n) is 4.39. The first-order valence-corrected chi connectivity index (χ1v) is 6.23. The summed E-state index contributed by atoms with van der Waals surface area (Å²) in [5.74, 6) is 0.745. The summed E-state index contributed by atoms with van der Waals surface area (Å²) < 4.78 is 7.14. The van der Waals surface area contributed by atoms with Crippen LogP contribution < -0.4 is 10.1 Å². The molecule has 0 aliphatic rings. The first-order chi connectivity index (χ1) is 9.19. The Morgan fingerprint density at radius 3 is 2.84 bits per heavy atom. The molecule has 0 fully saturated rings. The summed E-state index contributed by atoms with van der Waals surface area (Å²) in [4.78, 5) is 11.9. The van der Waals surface area contributed by atoms with E-state index in [2.05, 4.69) is 5.32 Å². The lowest BCUT2D eigenvalue weighted by Crippen LogP contribution is -2.13. The number of ether oxygens (including phenoxy) is 1. The molecule has 4 heteroatoms. The number of aromatic nitrogens is 1. The van der Waals surface area contributed by atoms with Crippen molar-refractivity contribution in [3.8, 4) is 5.75 Å². The van der Waals surface area contributed by atoms with E-state index >= 15 is 0 Å². The summed E-state index contributed by atoms with van der Waals surface area (Å²) in [6.07, 6.45) is 3.18. The molecule has 0 saturated carbocycles. The van der Waals surface area contributed by atoms with Crippen LogP contribution in [-0.4, -0.2) is 17.6 Å². The van der Waals surface area contributed by atoms with Gasteiger partial charge in [-0.15, -0.1) is 0 Å². The lowest BCUT2D eigenvalue weighted by atomic mass is 10.2. The Kier molecular flexibility index (Phi) is 4.23. The highest BCUT2D eigenvalue weighted by Crippen LogP contribution is 2.17. The summed E-state index contributed by atoms with van der Waals surface area (Å²) in [5.41, 5.74) is 1.91. The van der Waals surface area contributed by atoms with E-state index in [-0.39, 0.29) is 5.91 Å². The number of rotatable bonds is 5. The fourth-order valence-electron chi connectivity index (χ4n) is 1.92. The predicted octanol–water partition coefficient (Wildman–Crippen LogP) is 2.61. The average molecular weight is 258 g/mol. The van der Waals surface area contributed by atoms with Gasteiger partial charge in [0.1, 0.15) is 5.75 Å². The van der Waals surface area contributed by atoms with Gasteiger partial charge >= 0.3 is 0 Å². The Labute approximate surface area is 113 Å². The van der Waals surface area contributed by atoms with Crippen LogP contribution in [0.1, 0.15) is 12.1 Å². The summed E-state index contributed by atoms with van der Waals surface area (Å²) in [6, 6.07) is 11.4. The molecule has 0 atom stereocenters. The van der Waals surface area contributed by atoms with Crippen LogP contribution in [0.3, 0.4) is 0 Å². The maximum absolute atomic E-state index is 11.9. The molecular weight excluding hydrogens is 240 g/mol. The molecule has 0 saturated heterocycles. The highest BCUT2D eigenvalue weighted by atomic mass is 16.5. The summed E-state index contributed by atoms with van der Waals surface area (Å²) in [7, 11) is 3.59. The van der Waals surface area contributed by atoms with E-state index in [0.717, 1.165) is 23.6 Å². The second-order valence-corrected chi connectivity index (χ2v) is 4.39. The Morgan fingerprint density at radius 1 is 1.32 bits per heavy atom. The quantitative estimate of drug-likeness (QED) is 0.895. The maximum atomic E-state index is 11.9. The van der Waals surface area contributed by atoms with Gasteiger partial charge in [0.2, 0.25) is 5.91 Å². The number of anilines is 1. The molecule has 0 bridgehead atoms. The molecule has 1 heterocycles. The third kappa shape index (κ3) is 3.61. The Hall–Kier alpha value is -2.23. The molecule has 4 nitrogen and oxygen atoms in total. The Bertz CT molecular complexity index is 561. The highest BCUT2D eigenvalue weighted by Gasteiger charge is 2.05. The van der Waals surface area contributed by atoms with E-state index in [0.29, 0.717) is 6.42 Å². The first-order valence-electron chi connectivity index (χ1n) is 6.23. The van der Waals surface area contributed by atoms with Crippen molar-refractivity contribution in [1.82, 2.24) is 4.57 Å². The molecule has 0 unspecified atom stereocenters. The molecule has 100 valence electrons. The zero-order chi connectivity index (χ0) is 13.7. The van der Waals surface area contributed by atoms with Gasteiger partial charge in [0.25, 0.3) is 0 Å². The van der Waals surface area contributed by atoms with Crippen LogP contribution in [-0.2, 0) is 18.3 Å². The fraction of sp³-hybridized carbons (Fsp3) is 0.267. The van der Waals surface area contributed by atoms with Crippen molar-refractivity contribution < 1.29 is 9.53 Å². The largest absolute Gasteiger partial charge is 0.497 e. The van der Waals surface area contributed by atoms with Crippen LogP contribution >= 0.6 is 0 Å². The van der Waals surface area contributed by atoms with E-state index in [1.54, 1.807) is 13.2 Å². The molecule has 1 N–H and O–H groups in total. The van der Waals surface area contributed by atoms with Crippen molar-refractivity contribution in [2.24, 2.45) is 7.05 Å². The summed E-state index contributed by atoms with van der Waals surface area (Å²) >= 11 is 0. The molecule has 1 aromatic carbocycles. The number of aryl methyl sites for hydroxylation is 2. The Balaban J connectivity index is 1.89. The van der Waals surface area contributed by atoms with Gasteiger partial charge in [0, 0.05) is 37.1 Å². The lowest BCUT2D eigenvalue weighted by Gasteiger charge is -2.07. The zero-order valence-corrected chi connectivity index (χ0v) is 11.2. The average Bonchev–Trinajstić information content (AvgIpc) is 2.82. The van der Waals surface area contributed by atoms with Crippen LogP contribution in [0, 0.1) is 0 Å². The molecule has 0 radical (unpaired) electrons. The number of carbonyl (C=O) groups excluding carboxylic acids is 1. The van der Waals surface area contributed by atoms with Crippen LogP contribution in [0.5, 0.6) is 5.75 Å². The number of carbonyl (C=O) groups is 1. The number of nitrogens with one attached hydrogen (secondary N) is 1. The minimum atomic E-state index is 0.00875. The topological polar surface area (TPSA) is 43.3 Å². The van der Waals surface area contributed by atoms with Crippen LogP contribution in [0.2, 0.25) is 0 Å². The fourth-order valence-corrected chi connectivity index (χ4v) is 1.92. The van der Waals surface area contributed by atoms with Gasteiger partial charge in [-0.3, -0.25) is 4.79 Å². The molecular formula is C15H18N2O2. The minimum Gasteiger partial charge on any atom is -0.497 e. The van der Waals surface area contributed by atoms with Gasteiger partial charge in [-0.05, 0) is 30.7 Å². The number of benzene rings is 1. The van der Waals surface area contributed by atoms with Gasteiger partial charge in [0.15, 0.2) is 0 Å². The monoisotopic (exact) mass is 258 g/mol. The standard InChI is InChI=1S/C15H18N2O2/c1-17-10-4-6-13(17)8-9-15(18)16-12-5-3-7-14(11-12)19-2/h3-7,10-11H,8-9H2,1-2H3,(H,16,18). The maximum Gasteiger partial charge on any atom is 0.224 e. The lowest BCUT2D eigenvalue weighted by molar-refractivity contribution is -0.116. The van der Waals surface area contributed by atoms with E-state index in [9.17, 15) is 4.79 Å². The van der Waals surface area contributed by atoms with Crippen LogP contribution in [0.25, 0.3) is 0 Å². The summed E-state index contributed by atoms with van der Waals surface area (Å²) in [6.45, 7) is 0. The van der Waals surface area contributed by atoms with Crippen LogP contribution in [0.15, 0.2) is 42.6 Å². The van der Waals surface area contributed by atoms with E-state index in [4.69, 9.17) is 4.74 Å². The molecule has 0 spiro atoms. The minimum absolute atomic E-state index is 0.00875. The van der Waals surface area contributed by atoms with Crippen molar-refractivity contribution in [3.63, 3.8) is 0 Å². The van der Waals surface area contributed by atoms with Crippen molar-refractivity contribution in [1.29, 1.82) is 0 Å². The number of methoxy groups -OCH3 is 1. The van der Waals surface area contributed by atoms with Crippen molar-refractivity contribution in [3.05, 3.63) is 48.3 Å². The molecule has 2 aromatic rings. The number of hydrogen-bond donors (Lipinski definition) is 1. The van der Waals surface area contributed by atoms with Gasteiger partial charge in [-0.2, -0.15) is 0 Å². The predicted molar refractivity (Wildman–Crippen MR) is 75.4 cm³/mol. The van der Waals surface area contributed by atoms with E-state index in [1.165, 1.54) is 0 Å². The van der Waals surface area contributed by atoms with E-state index < -0.39 is 0 Å². The molecule has 19 heavy (non-hydrogen) atoms. The second kappa shape index (κ2) is 6.09. The third-order valence-corrected chi connectivity index (χ3v) is 3.01. The molecule has 0 aliphatic carbocycles. The normalized spacial score (nSPS) is 10.2. The zero-order valence-electron chi connectivity index (χ0n) is 11.2. The number of nitrogens with zero attached hydrogens (tertiary/aromatic N) is 1. The SMILES string of the molecule is COc1cccc(NC(=O)CCc2cccn2C)c1. The van der Waals surface area contributed by atoms with Crippen molar-refractivity contribution in [2.45, 2.75) is 12.8 Å². The number of amides is 1. The highest BCUT2D eigenvalue weighted by molar-refractivity contribution is 5.90. The van der Waals surface area contributed by atoms with E-state index in [1.807, 2.05) is 48.1 Å². The Morgan fingerprint density at radius 2 is 2.16 bits per heavy atom. The van der Waals surface area contributed by atoms with Gasteiger partial charge in [-0.1, -0.05) is 6.07 Å². The van der Waals surface area contributed by atoms with Crippen LogP contribution in [0.4, 0.5) is 5.69 Å².